The molecule has 10 heteroatoms. The molecule has 0 radical (unpaired) electrons. The van der Waals surface area contributed by atoms with Crippen molar-refractivity contribution >= 4 is 11.6 Å². The van der Waals surface area contributed by atoms with Crippen molar-refractivity contribution in [3.8, 4) is 5.75 Å². The monoisotopic (exact) mass is 379 g/mol. The Balaban J connectivity index is 1.60. The fourth-order valence-corrected chi connectivity index (χ4v) is 2.37. The lowest BCUT2D eigenvalue weighted by molar-refractivity contribution is -0.141. The third-order valence-electron chi connectivity index (χ3n) is 3.69. The number of rotatable bonds is 5. The average molecular weight is 379 g/mol. The summed E-state index contributed by atoms with van der Waals surface area (Å²) in [5, 5.41) is 11.6. The van der Waals surface area contributed by atoms with Crippen LogP contribution in [0.3, 0.4) is 0 Å². The van der Waals surface area contributed by atoms with Crippen molar-refractivity contribution in [2.75, 3.05) is 5.32 Å². The number of benzene rings is 1. The first-order chi connectivity index (χ1) is 12.7. The van der Waals surface area contributed by atoms with Crippen LogP contribution in [0.25, 0.3) is 0 Å². The molecule has 2 heterocycles. The molecular weight excluding hydrogens is 363 g/mol. The molecule has 0 saturated carbocycles. The summed E-state index contributed by atoms with van der Waals surface area (Å²) < 4.78 is 44.7. The van der Waals surface area contributed by atoms with Crippen molar-refractivity contribution in [3.63, 3.8) is 0 Å². The number of nitrogens with one attached hydrogen (secondary N) is 2. The summed E-state index contributed by atoms with van der Waals surface area (Å²) in [6, 6.07) is 6.41. The molecule has 0 aliphatic carbocycles. The molecule has 0 aliphatic heterocycles. The minimum absolute atomic E-state index is 0.112. The second-order valence-corrected chi connectivity index (χ2v) is 5.93. The van der Waals surface area contributed by atoms with Gasteiger partial charge >= 0.3 is 6.18 Å². The average Bonchev–Trinajstić information content (AvgIpc) is 3.23. The molecule has 2 aromatic heterocycles. The lowest BCUT2D eigenvalue weighted by Gasteiger charge is -2.09. The van der Waals surface area contributed by atoms with Gasteiger partial charge in [0.15, 0.2) is 12.4 Å². The van der Waals surface area contributed by atoms with E-state index in [2.05, 4.69) is 15.5 Å². The zero-order valence-corrected chi connectivity index (χ0v) is 14.5. The lowest BCUT2D eigenvalue weighted by atomic mass is 10.1. The van der Waals surface area contributed by atoms with Crippen LogP contribution in [-0.4, -0.2) is 25.9 Å². The quantitative estimate of drug-likeness (QED) is 0.710. The van der Waals surface area contributed by atoms with Gasteiger partial charge in [-0.2, -0.15) is 23.4 Å². The van der Waals surface area contributed by atoms with E-state index in [9.17, 15) is 18.0 Å². The number of halogens is 3. The van der Waals surface area contributed by atoms with E-state index in [1.807, 2.05) is 32.0 Å². The van der Waals surface area contributed by atoms with Gasteiger partial charge in [0.05, 0.1) is 18.1 Å². The first-order valence-corrected chi connectivity index (χ1v) is 7.89. The van der Waals surface area contributed by atoms with Gasteiger partial charge in [-0.05, 0) is 25.5 Å². The molecule has 27 heavy (non-hydrogen) atoms. The fourth-order valence-electron chi connectivity index (χ4n) is 2.37. The number of alkyl halides is 3. The van der Waals surface area contributed by atoms with Gasteiger partial charge in [-0.3, -0.25) is 9.89 Å². The largest absolute Gasteiger partial charge is 0.471 e. The van der Waals surface area contributed by atoms with Crippen LogP contribution in [0.1, 0.15) is 27.3 Å². The molecule has 7 nitrogen and oxygen atoms in total. The maximum atomic E-state index is 12.5. The van der Waals surface area contributed by atoms with E-state index in [1.54, 1.807) is 5.10 Å². The van der Waals surface area contributed by atoms with Gasteiger partial charge in [-0.15, -0.1) is 0 Å². The lowest BCUT2D eigenvalue weighted by Crippen LogP contribution is -2.12. The predicted molar refractivity (Wildman–Crippen MR) is 90.3 cm³/mol. The van der Waals surface area contributed by atoms with E-state index < -0.39 is 17.8 Å². The summed E-state index contributed by atoms with van der Waals surface area (Å²) in [5.41, 5.74) is 0.943. The van der Waals surface area contributed by atoms with Crippen molar-refractivity contribution in [2.45, 2.75) is 26.8 Å². The SMILES string of the molecule is Cc1ccc(OCn2cc(NC(=O)c3cc(C(F)(F)F)[nH]n3)cn2)c(C)c1. The number of aryl methyl sites for hydroxylation is 2. The zero-order chi connectivity index (χ0) is 19.6. The molecule has 0 fully saturated rings. The molecule has 0 saturated heterocycles. The van der Waals surface area contributed by atoms with Crippen molar-refractivity contribution in [1.82, 2.24) is 20.0 Å². The topological polar surface area (TPSA) is 84.8 Å². The number of hydrogen-bond acceptors (Lipinski definition) is 4. The van der Waals surface area contributed by atoms with Crippen LogP contribution >= 0.6 is 0 Å². The second-order valence-electron chi connectivity index (χ2n) is 5.93. The minimum Gasteiger partial charge on any atom is -0.471 e. The maximum absolute atomic E-state index is 12.5. The number of nitrogens with zero attached hydrogens (tertiary/aromatic N) is 3. The number of carbonyl (C=O) groups is 1. The van der Waals surface area contributed by atoms with Crippen LogP contribution < -0.4 is 10.1 Å². The van der Waals surface area contributed by atoms with Crippen LogP contribution in [0, 0.1) is 13.8 Å². The first-order valence-electron chi connectivity index (χ1n) is 7.89. The Hall–Kier alpha value is -3.30. The molecule has 0 atom stereocenters. The van der Waals surface area contributed by atoms with Crippen molar-refractivity contribution in [2.24, 2.45) is 0 Å². The molecule has 0 aliphatic rings. The van der Waals surface area contributed by atoms with Gasteiger partial charge in [0.1, 0.15) is 11.4 Å². The van der Waals surface area contributed by atoms with Crippen molar-refractivity contribution in [3.05, 3.63) is 59.2 Å². The Kier molecular flexibility index (Phi) is 4.89. The Morgan fingerprint density at radius 2 is 2.07 bits per heavy atom. The summed E-state index contributed by atoms with van der Waals surface area (Å²) in [5.74, 6) is -0.0746. The van der Waals surface area contributed by atoms with E-state index in [4.69, 9.17) is 4.74 Å². The number of amides is 1. The summed E-state index contributed by atoms with van der Waals surface area (Å²) in [6.45, 7) is 4.02. The molecule has 1 aromatic carbocycles. The number of aromatic amines is 1. The molecule has 3 aromatic rings. The molecule has 0 unspecified atom stereocenters. The van der Waals surface area contributed by atoms with E-state index in [-0.39, 0.29) is 12.4 Å². The highest BCUT2D eigenvalue weighted by atomic mass is 19.4. The molecule has 2 N–H and O–H groups in total. The van der Waals surface area contributed by atoms with Gasteiger partial charge in [-0.25, -0.2) is 4.68 Å². The number of anilines is 1. The zero-order valence-electron chi connectivity index (χ0n) is 14.5. The van der Waals surface area contributed by atoms with Gasteiger partial charge < -0.3 is 10.1 Å². The first kappa shape index (κ1) is 18.5. The maximum Gasteiger partial charge on any atom is 0.432 e. The third kappa shape index (κ3) is 4.46. The van der Waals surface area contributed by atoms with Crippen LogP contribution in [0.2, 0.25) is 0 Å². The third-order valence-corrected chi connectivity index (χ3v) is 3.69. The van der Waals surface area contributed by atoms with Crippen LogP contribution in [0.4, 0.5) is 18.9 Å². The Morgan fingerprint density at radius 1 is 1.30 bits per heavy atom. The van der Waals surface area contributed by atoms with Gasteiger partial charge in [0.25, 0.3) is 5.91 Å². The summed E-state index contributed by atoms with van der Waals surface area (Å²) in [4.78, 5) is 12.0. The summed E-state index contributed by atoms with van der Waals surface area (Å²) in [6.07, 6.45) is -1.73. The molecule has 1 amide bonds. The summed E-state index contributed by atoms with van der Waals surface area (Å²) >= 11 is 0. The highest BCUT2D eigenvalue weighted by Crippen LogP contribution is 2.27. The van der Waals surface area contributed by atoms with Crippen LogP contribution in [0.5, 0.6) is 5.75 Å². The Labute approximate surface area is 152 Å². The fraction of sp³-hybridized carbons (Fsp3) is 0.235. The van der Waals surface area contributed by atoms with Gasteiger partial charge in [0, 0.05) is 6.07 Å². The van der Waals surface area contributed by atoms with E-state index in [0.717, 1.165) is 11.1 Å². The highest BCUT2D eigenvalue weighted by molar-refractivity contribution is 6.02. The number of carbonyl (C=O) groups excluding carboxylic acids is 1. The molecule has 0 bridgehead atoms. The molecule has 3 rings (SSSR count). The summed E-state index contributed by atoms with van der Waals surface area (Å²) in [7, 11) is 0. The number of hydrogen-bond donors (Lipinski definition) is 2. The van der Waals surface area contributed by atoms with Crippen LogP contribution in [-0.2, 0) is 12.9 Å². The van der Waals surface area contributed by atoms with E-state index in [1.165, 1.54) is 17.1 Å². The number of aromatic nitrogens is 4. The normalized spacial score (nSPS) is 11.4. The van der Waals surface area contributed by atoms with E-state index >= 15 is 0 Å². The van der Waals surface area contributed by atoms with Gasteiger partial charge in [-0.1, -0.05) is 17.7 Å². The van der Waals surface area contributed by atoms with Crippen LogP contribution in [0.15, 0.2) is 36.7 Å². The standard InChI is InChI=1S/C17H16F3N5O2/c1-10-3-4-14(11(2)5-10)27-9-25-8-12(7-21-25)22-16(26)13-6-15(24-23-13)17(18,19)20/h3-8H,9H2,1-2H3,(H,22,26)(H,23,24). The Morgan fingerprint density at radius 3 is 2.74 bits per heavy atom. The Bertz CT molecular complexity index is 962. The predicted octanol–water partition coefficient (Wildman–Crippen LogP) is 3.53. The highest BCUT2D eigenvalue weighted by Gasteiger charge is 2.33. The van der Waals surface area contributed by atoms with Gasteiger partial charge in [0.2, 0.25) is 0 Å². The molecular formula is C17H16F3N5O2. The van der Waals surface area contributed by atoms with Crippen molar-refractivity contribution in [1.29, 1.82) is 0 Å². The minimum atomic E-state index is -4.60. The number of ether oxygens (including phenoxy) is 1. The molecule has 142 valence electrons. The smallest absolute Gasteiger partial charge is 0.432 e. The second kappa shape index (κ2) is 7.14. The molecule has 0 spiro atoms. The van der Waals surface area contributed by atoms with E-state index in [0.29, 0.717) is 17.5 Å². The number of H-pyrrole nitrogens is 1. The van der Waals surface area contributed by atoms with Crippen molar-refractivity contribution < 1.29 is 22.7 Å².